The van der Waals surface area contributed by atoms with Gasteiger partial charge < -0.3 is 10.4 Å². The van der Waals surface area contributed by atoms with Crippen LogP contribution in [0.25, 0.3) is 0 Å². The Bertz CT molecular complexity index is 394. The lowest BCUT2D eigenvalue weighted by atomic mass is 9.73. The molecule has 0 saturated heterocycles. The number of nitrogens with one attached hydrogen (secondary N) is 1. The summed E-state index contributed by atoms with van der Waals surface area (Å²) < 4.78 is 0. The smallest absolute Gasteiger partial charge is 0.0605 e. The third-order valence-electron chi connectivity index (χ3n) is 4.24. The molecule has 0 bridgehead atoms. The van der Waals surface area contributed by atoms with E-state index < -0.39 is 0 Å². The van der Waals surface area contributed by atoms with Gasteiger partial charge in [0.05, 0.1) is 6.10 Å². The average Bonchev–Trinajstić information content (AvgIpc) is 2.36. The second kappa shape index (κ2) is 5.81. The zero-order chi connectivity index (χ0) is 13.0. The van der Waals surface area contributed by atoms with Gasteiger partial charge in [0.1, 0.15) is 0 Å². The van der Waals surface area contributed by atoms with E-state index in [4.69, 9.17) is 0 Å². The van der Waals surface area contributed by atoms with Gasteiger partial charge in [-0.15, -0.1) is 0 Å². The molecule has 2 unspecified atom stereocenters. The normalized spacial score (nSPS) is 28.3. The van der Waals surface area contributed by atoms with Gasteiger partial charge in [-0.1, -0.05) is 25.8 Å². The number of hydrogen-bond acceptors (Lipinski definition) is 3. The zero-order valence-electron chi connectivity index (χ0n) is 11.4. The summed E-state index contributed by atoms with van der Waals surface area (Å²) >= 11 is 0. The van der Waals surface area contributed by atoms with Crippen molar-refractivity contribution in [3.8, 4) is 0 Å². The van der Waals surface area contributed by atoms with Crippen molar-refractivity contribution >= 4 is 0 Å². The molecule has 1 aromatic heterocycles. The molecule has 1 fully saturated rings. The standard InChI is InChI=1S/C15H24N2O/c1-12-13(6-5-9-17-12)10-16-11-15(2)8-4-3-7-14(15)18/h5-6,9,14,16,18H,3-4,7-8,10-11H2,1-2H3. The second-order valence-corrected chi connectivity index (χ2v) is 5.77. The largest absolute Gasteiger partial charge is 0.393 e. The summed E-state index contributed by atoms with van der Waals surface area (Å²) in [4.78, 5) is 4.29. The fourth-order valence-electron chi connectivity index (χ4n) is 2.77. The summed E-state index contributed by atoms with van der Waals surface area (Å²) in [6.45, 7) is 5.94. The number of aryl methyl sites for hydroxylation is 1. The van der Waals surface area contributed by atoms with Crippen LogP contribution in [0.2, 0.25) is 0 Å². The van der Waals surface area contributed by atoms with E-state index in [0.717, 1.165) is 31.6 Å². The number of hydrogen-bond donors (Lipinski definition) is 2. The molecule has 3 heteroatoms. The van der Waals surface area contributed by atoms with Gasteiger partial charge in [0.25, 0.3) is 0 Å². The highest BCUT2D eigenvalue weighted by atomic mass is 16.3. The molecule has 1 heterocycles. The lowest BCUT2D eigenvalue weighted by Crippen LogP contribution is -2.43. The summed E-state index contributed by atoms with van der Waals surface area (Å²) in [5.74, 6) is 0. The molecule has 0 spiro atoms. The molecule has 2 atom stereocenters. The van der Waals surface area contributed by atoms with Crippen molar-refractivity contribution in [2.45, 2.75) is 52.2 Å². The number of pyridine rings is 1. The van der Waals surface area contributed by atoms with Crippen LogP contribution in [0.1, 0.15) is 43.9 Å². The van der Waals surface area contributed by atoms with Crippen molar-refractivity contribution in [2.24, 2.45) is 5.41 Å². The molecule has 3 nitrogen and oxygen atoms in total. The number of nitrogens with zero attached hydrogens (tertiary/aromatic N) is 1. The van der Waals surface area contributed by atoms with Gasteiger partial charge in [-0.3, -0.25) is 4.98 Å². The highest BCUT2D eigenvalue weighted by Gasteiger charge is 2.34. The van der Waals surface area contributed by atoms with Crippen LogP contribution in [0.4, 0.5) is 0 Å². The zero-order valence-corrected chi connectivity index (χ0v) is 11.4. The summed E-state index contributed by atoms with van der Waals surface area (Å²) in [5.41, 5.74) is 2.36. The van der Waals surface area contributed by atoms with E-state index in [-0.39, 0.29) is 11.5 Å². The van der Waals surface area contributed by atoms with Crippen molar-refractivity contribution in [1.29, 1.82) is 0 Å². The molecule has 2 rings (SSSR count). The van der Waals surface area contributed by atoms with E-state index in [1.54, 1.807) is 0 Å². The molecule has 0 aliphatic heterocycles. The van der Waals surface area contributed by atoms with Gasteiger partial charge in [-0.05, 0) is 31.4 Å². The van der Waals surface area contributed by atoms with Crippen molar-refractivity contribution in [1.82, 2.24) is 10.3 Å². The van der Waals surface area contributed by atoms with Crippen LogP contribution in [-0.4, -0.2) is 22.7 Å². The Labute approximate surface area is 110 Å². The quantitative estimate of drug-likeness (QED) is 0.860. The summed E-state index contributed by atoms with van der Waals surface area (Å²) in [6.07, 6.45) is 6.14. The first-order valence-corrected chi connectivity index (χ1v) is 6.91. The fraction of sp³-hybridized carbons (Fsp3) is 0.667. The van der Waals surface area contributed by atoms with Crippen LogP contribution in [0.3, 0.4) is 0 Å². The van der Waals surface area contributed by atoms with Crippen molar-refractivity contribution in [2.75, 3.05) is 6.54 Å². The average molecular weight is 248 g/mol. The summed E-state index contributed by atoms with van der Waals surface area (Å²) in [5, 5.41) is 13.6. The topological polar surface area (TPSA) is 45.2 Å². The maximum Gasteiger partial charge on any atom is 0.0605 e. The Kier molecular flexibility index (Phi) is 4.36. The first-order chi connectivity index (χ1) is 8.62. The molecule has 18 heavy (non-hydrogen) atoms. The van der Waals surface area contributed by atoms with Crippen molar-refractivity contribution in [3.63, 3.8) is 0 Å². The third kappa shape index (κ3) is 3.09. The Hall–Kier alpha value is -0.930. The van der Waals surface area contributed by atoms with Crippen LogP contribution >= 0.6 is 0 Å². The van der Waals surface area contributed by atoms with Gasteiger partial charge in [0.15, 0.2) is 0 Å². The molecule has 0 aromatic carbocycles. The minimum absolute atomic E-state index is 0.0361. The summed E-state index contributed by atoms with van der Waals surface area (Å²) in [7, 11) is 0. The molecule has 1 aliphatic carbocycles. The molecule has 0 amide bonds. The van der Waals surface area contributed by atoms with Gasteiger partial charge in [-0.25, -0.2) is 0 Å². The molecule has 1 aromatic rings. The number of aromatic nitrogens is 1. The first-order valence-electron chi connectivity index (χ1n) is 6.91. The highest BCUT2D eigenvalue weighted by Crippen LogP contribution is 2.35. The Morgan fingerprint density at radius 3 is 3.06 bits per heavy atom. The van der Waals surface area contributed by atoms with E-state index >= 15 is 0 Å². The van der Waals surface area contributed by atoms with Gasteiger partial charge in [-0.2, -0.15) is 0 Å². The van der Waals surface area contributed by atoms with Crippen LogP contribution < -0.4 is 5.32 Å². The highest BCUT2D eigenvalue weighted by molar-refractivity contribution is 5.17. The van der Waals surface area contributed by atoms with Gasteiger partial charge in [0, 0.05) is 30.4 Å². The lowest BCUT2D eigenvalue weighted by Gasteiger charge is -2.38. The third-order valence-corrected chi connectivity index (χ3v) is 4.24. The maximum atomic E-state index is 10.1. The first kappa shape index (κ1) is 13.5. The fourth-order valence-corrected chi connectivity index (χ4v) is 2.77. The number of aliphatic hydroxyl groups is 1. The monoisotopic (exact) mass is 248 g/mol. The maximum absolute atomic E-state index is 10.1. The van der Waals surface area contributed by atoms with E-state index in [2.05, 4.69) is 23.3 Å². The van der Waals surface area contributed by atoms with Crippen LogP contribution in [0.5, 0.6) is 0 Å². The van der Waals surface area contributed by atoms with Crippen LogP contribution in [0.15, 0.2) is 18.3 Å². The summed E-state index contributed by atoms with van der Waals surface area (Å²) in [6, 6.07) is 4.08. The van der Waals surface area contributed by atoms with Crippen molar-refractivity contribution < 1.29 is 5.11 Å². The lowest BCUT2D eigenvalue weighted by molar-refractivity contribution is 0.00114. The van der Waals surface area contributed by atoms with Crippen LogP contribution in [-0.2, 0) is 6.54 Å². The van der Waals surface area contributed by atoms with Crippen molar-refractivity contribution in [3.05, 3.63) is 29.6 Å². The minimum atomic E-state index is -0.159. The van der Waals surface area contributed by atoms with E-state index in [0.29, 0.717) is 0 Å². The predicted octanol–water partition coefficient (Wildman–Crippen LogP) is 2.42. The molecular weight excluding hydrogens is 224 g/mol. The predicted molar refractivity (Wildman–Crippen MR) is 73.3 cm³/mol. The Morgan fingerprint density at radius 2 is 2.33 bits per heavy atom. The molecule has 100 valence electrons. The molecular formula is C15H24N2O. The van der Waals surface area contributed by atoms with Gasteiger partial charge in [0.2, 0.25) is 0 Å². The van der Waals surface area contributed by atoms with E-state index in [1.807, 2.05) is 19.2 Å². The molecule has 2 N–H and O–H groups in total. The second-order valence-electron chi connectivity index (χ2n) is 5.77. The van der Waals surface area contributed by atoms with Gasteiger partial charge >= 0.3 is 0 Å². The SMILES string of the molecule is Cc1ncccc1CNCC1(C)CCCCC1O. The minimum Gasteiger partial charge on any atom is -0.393 e. The Morgan fingerprint density at radius 1 is 1.50 bits per heavy atom. The number of rotatable bonds is 4. The molecule has 1 aliphatic rings. The van der Waals surface area contributed by atoms with E-state index in [1.165, 1.54) is 18.4 Å². The molecule has 0 radical (unpaired) electrons. The molecule has 1 saturated carbocycles. The van der Waals surface area contributed by atoms with E-state index in [9.17, 15) is 5.11 Å². The Balaban J connectivity index is 1.86. The van der Waals surface area contributed by atoms with Crippen LogP contribution in [0, 0.1) is 12.3 Å². The number of aliphatic hydroxyl groups excluding tert-OH is 1.